The number of likely N-dealkylation sites (tertiary alicyclic amines) is 1. The van der Waals surface area contributed by atoms with Crippen molar-refractivity contribution in [1.82, 2.24) is 9.80 Å². The van der Waals surface area contributed by atoms with E-state index in [4.69, 9.17) is 11.6 Å². The van der Waals surface area contributed by atoms with Crippen molar-refractivity contribution < 1.29 is 14.0 Å². The monoisotopic (exact) mass is 338 g/mol. The molecule has 1 saturated carbocycles. The quantitative estimate of drug-likeness (QED) is 0.828. The van der Waals surface area contributed by atoms with Gasteiger partial charge in [0.1, 0.15) is 5.82 Å². The van der Waals surface area contributed by atoms with Crippen LogP contribution in [0.15, 0.2) is 18.2 Å². The standard InChI is InChI=1S/C17H20ClFN2O2/c18-14-4-3-5-15(19)13(14)10-21(12-7-8-12)17(23)11-20-9-2-1-6-16(20)22/h3-5,12H,1-2,6-11H2. The van der Waals surface area contributed by atoms with E-state index >= 15 is 0 Å². The number of carbonyl (C=O) groups is 2. The maximum Gasteiger partial charge on any atom is 0.242 e. The SMILES string of the molecule is O=C1CCCCN1CC(=O)N(Cc1c(F)cccc1Cl)C1CC1. The van der Waals surface area contributed by atoms with Crippen molar-refractivity contribution in [2.45, 2.75) is 44.7 Å². The molecule has 0 unspecified atom stereocenters. The van der Waals surface area contributed by atoms with Gasteiger partial charge in [-0.1, -0.05) is 17.7 Å². The van der Waals surface area contributed by atoms with E-state index < -0.39 is 5.82 Å². The number of rotatable bonds is 5. The van der Waals surface area contributed by atoms with Gasteiger partial charge in [-0.05, 0) is 37.8 Å². The van der Waals surface area contributed by atoms with Crippen LogP contribution < -0.4 is 0 Å². The largest absolute Gasteiger partial charge is 0.334 e. The first kappa shape index (κ1) is 16.2. The van der Waals surface area contributed by atoms with Gasteiger partial charge in [0.25, 0.3) is 0 Å². The summed E-state index contributed by atoms with van der Waals surface area (Å²) in [5, 5.41) is 0.331. The van der Waals surface area contributed by atoms with E-state index in [1.807, 2.05) is 0 Å². The van der Waals surface area contributed by atoms with Gasteiger partial charge in [0.2, 0.25) is 11.8 Å². The highest BCUT2D eigenvalue weighted by molar-refractivity contribution is 6.31. The molecular formula is C17H20ClFN2O2. The minimum Gasteiger partial charge on any atom is -0.334 e. The number of carbonyl (C=O) groups excluding carboxylic acids is 2. The molecule has 1 saturated heterocycles. The number of halogens is 2. The molecule has 0 N–H and O–H groups in total. The third-order valence-corrected chi connectivity index (χ3v) is 4.80. The zero-order valence-corrected chi connectivity index (χ0v) is 13.7. The summed E-state index contributed by atoms with van der Waals surface area (Å²) in [6, 6.07) is 4.67. The van der Waals surface area contributed by atoms with Crippen molar-refractivity contribution in [2.24, 2.45) is 0 Å². The van der Waals surface area contributed by atoms with Crippen LogP contribution in [-0.2, 0) is 16.1 Å². The number of amides is 2. The molecule has 3 rings (SSSR count). The first-order valence-corrected chi connectivity index (χ1v) is 8.44. The average Bonchev–Trinajstić information content (AvgIpc) is 3.34. The highest BCUT2D eigenvalue weighted by atomic mass is 35.5. The van der Waals surface area contributed by atoms with Crippen LogP contribution in [0, 0.1) is 5.82 Å². The van der Waals surface area contributed by atoms with E-state index in [1.54, 1.807) is 21.9 Å². The Morgan fingerprint density at radius 2 is 2.13 bits per heavy atom. The Morgan fingerprint density at radius 3 is 2.78 bits per heavy atom. The molecule has 1 aromatic carbocycles. The third-order valence-electron chi connectivity index (χ3n) is 4.45. The van der Waals surface area contributed by atoms with Crippen LogP contribution in [0.25, 0.3) is 0 Å². The summed E-state index contributed by atoms with van der Waals surface area (Å²) in [5.41, 5.74) is 0.347. The van der Waals surface area contributed by atoms with E-state index in [0.717, 1.165) is 25.7 Å². The Hall–Kier alpha value is -1.62. The second kappa shape index (κ2) is 6.87. The molecule has 1 aliphatic carbocycles. The van der Waals surface area contributed by atoms with Gasteiger partial charge in [0, 0.05) is 29.6 Å². The zero-order valence-electron chi connectivity index (χ0n) is 12.9. The highest BCUT2D eigenvalue weighted by Crippen LogP contribution is 2.31. The van der Waals surface area contributed by atoms with Gasteiger partial charge >= 0.3 is 0 Å². The van der Waals surface area contributed by atoms with E-state index in [9.17, 15) is 14.0 Å². The van der Waals surface area contributed by atoms with Crippen molar-refractivity contribution >= 4 is 23.4 Å². The average molecular weight is 339 g/mol. The molecule has 2 fully saturated rings. The number of hydrogen-bond acceptors (Lipinski definition) is 2. The molecule has 1 aromatic rings. The number of piperidine rings is 1. The summed E-state index contributed by atoms with van der Waals surface area (Å²) >= 11 is 6.08. The lowest BCUT2D eigenvalue weighted by Crippen LogP contribution is -2.45. The molecule has 0 radical (unpaired) electrons. The Labute approximate surface area is 140 Å². The topological polar surface area (TPSA) is 40.6 Å². The summed E-state index contributed by atoms with van der Waals surface area (Å²) in [5.74, 6) is -0.490. The Kier molecular flexibility index (Phi) is 4.85. The summed E-state index contributed by atoms with van der Waals surface area (Å²) in [4.78, 5) is 27.8. The van der Waals surface area contributed by atoms with Crippen LogP contribution in [0.5, 0.6) is 0 Å². The molecule has 0 aromatic heterocycles. The fourth-order valence-electron chi connectivity index (χ4n) is 2.94. The summed E-state index contributed by atoms with van der Waals surface area (Å²) in [6.45, 7) is 0.877. The van der Waals surface area contributed by atoms with Gasteiger partial charge in [-0.25, -0.2) is 4.39 Å². The first-order valence-electron chi connectivity index (χ1n) is 8.06. The zero-order chi connectivity index (χ0) is 16.4. The van der Waals surface area contributed by atoms with Gasteiger partial charge in [-0.3, -0.25) is 9.59 Å². The fraction of sp³-hybridized carbons (Fsp3) is 0.529. The smallest absolute Gasteiger partial charge is 0.242 e. The predicted octanol–water partition coefficient (Wildman–Crippen LogP) is 2.98. The van der Waals surface area contributed by atoms with E-state index in [-0.39, 0.29) is 30.9 Å². The maximum atomic E-state index is 14.0. The van der Waals surface area contributed by atoms with Gasteiger partial charge in [-0.2, -0.15) is 0 Å². The molecule has 0 spiro atoms. The van der Waals surface area contributed by atoms with E-state index in [0.29, 0.717) is 23.6 Å². The van der Waals surface area contributed by atoms with Gasteiger partial charge < -0.3 is 9.80 Å². The Morgan fingerprint density at radius 1 is 1.35 bits per heavy atom. The van der Waals surface area contributed by atoms with Crippen LogP contribution in [0.1, 0.15) is 37.7 Å². The molecule has 124 valence electrons. The van der Waals surface area contributed by atoms with Crippen LogP contribution in [0.4, 0.5) is 4.39 Å². The molecule has 23 heavy (non-hydrogen) atoms. The molecule has 2 aliphatic rings. The number of nitrogens with zero attached hydrogens (tertiary/aromatic N) is 2. The van der Waals surface area contributed by atoms with E-state index in [1.165, 1.54) is 6.07 Å². The van der Waals surface area contributed by atoms with Gasteiger partial charge in [-0.15, -0.1) is 0 Å². The lowest BCUT2D eigenvalue weighted by Gasteiger charge is -2.30. The Balaban J connectivity index is 1.71. The summed E-state index contributed by atoms with van der Waals surface area (Å²) < 4.78 is 14.0. The summed E-state index contributed by atoms with van der Waals surface area (Å²) in [7, 11) is 0. The number of benzene rings is 1. The Bertz CT molecular complexity index is 598. The summed E-state index contributed by atoms with van der Waals surface area (Å²) in [6.07, 6.45) is 4.18. The van der Waals surface area contributed by atoms with Crippen molar-refractivity contribution in [2.75, 3.05) is 13.1 Å². The van der Waals surface area contributed by atoms with Crippen molar-refractivity contribution in [1.29, 1.82) is 0 Å². The normalized spacial score (nSPS) is 18.2. The highest BCUT2D eigenvalue weighted by Gasteiger charge is 2.34. The van der Waals surface area contributed by atoms with Gasteiger partial charge in [0.15, 0.2) is 0 Å². The molecule has 6 heteroatoms. The second-order valence-corrected chi connectivity index (χ2v) is 6.63. The van der Waals surface area contributed by atoms with E-state index in [2.05, 4.69) is 0 Å². The van der Waals surface area contributed by atoms with Crippen molar-refractivity contribution in [3.63, 3.8) is 0 Å². The molecule has 2 amide bonds. The third kappa shape index (κ3) is 3.83. The molecule has 0 bridgehead atoms. The molecule has 1 aliphatic heterocycles. The molecular weight excluding hydrogens is 319 g/mol. The van der Waals surface area contributed by atoms with Crippen molar-refractivity contribution in [3.05, 3.63) is 34.6 Å². The minimum atomic E-state index is -0.398. The van der Waals surface area contributed by atoms with Crippen LogP contribution in [0.3, 0.4) is 0 Å². The fourth-order valence-corrected chi connectivity index (χ4v) is 3.17. The van der Waals surface area contributed by atoms with Crippen LogP contribution in [0.2, 0.25) is 5.02 Å². The number of hydrogen-bond donors (Lipinski definition) is 0. The van der Waals surface area contributed by atoms with Crippen molar-refractivity contribution in [3.8, 4) is 0 Å². The molecule has 4 nitrogen and oxygen atoms in total. The molecule has 0 atom stereocenters. The van der Waals surface area contributed by atoms with Crippen LogP contribution >= 0.6 is 11.6 Å². The van der Waals surface area contributed by atoms with Crippen LogP contribution in [-0.4, -0.2) is 40.7 Å². The lowest BCUT2D eigenvalue weighted by molar-refractivity contribution is -0.142. The lowest BCUT2D eigenvalue weighted by atomic mass is 10.1. The predicted molar refractivity (Wildman–Crippen MR) is 85.4 cm³/mol. The first-order chi connectivity index (χ1) is 11.1. The van der Waals surface area contributed by atoms with Gasteiger partial charge in [0.05, 0.1) is 13.1 Å². The molecule has 1 heterocycles. The minimum absolute atomic E-state index is 0.0317. The second-order valence-electron chi connectivity index (χ2n) is 6.23. The maximum absolute atomic E-state index is 14.0.